The average molecular weight is 359 g/mol. The Bertz CT molecular complexity index is 1100. The SMILES string of the molecule is Cc1cc(C)c(C)c(S(=O)(=O)n2cnc3cc([N+](=O)[O-])ccc32)c1C. The molecule has 0 aliphatic rings. The second kappa shape index (κ2) is 5.66. The van der Waals surface area contributed by atoms with Gasteiger partial charge in [-0.2, -0.15) is 0 Å². The summed E-state index contributed by atoms with van der Waals surface area (Å²) < 4.78 is 27.6. The second-order valence-corrected chi connectivity index (χ2v) is 7.82. The lowest BCUT2D eigenvalue weighted by Gasteiger charge is -2.16. The molecule has 0 saturated heterocycles. The van der Waals surface area contributed by atoms with Gasteiger partial charge in [-0.25, -0.2) is 17.4 Å². The summed E-state index contributed by atoms with van der Waals surface area (Å²) in [6.45, 7) is 7.30. The number of rotatable bonds is 3. The number of hydrogen-bond donors (Lipinski definition) is 0. The molecule has 7 nitrogen and oxygen atoms in total. The maximum absolute atomic E-state index is 13.3. The normalized spacial score (nSPS) is 11.8. The first-order valence-corrected chi connectivity index (χ1v) is 9.03. The highest BCUT2D eigenvalue weighted by Gasteiger charge is 2.26. The molecule has 0 atom stereocenters. The number of aryl methyl sites for hydroxylation is 2. The third-order valence-corrected chi connectivity index (χ3v) is 6.46. The van der Waals surface area contributed by atoms with Crippen LogP contribution in [0.5, 0.6) is 0 Å². The van der Waals surface area contributed by atoms with Gasteiger partial charge in [0, 0.05) is 12.1 Å². The summed E-state index contributed by atoms with van der Waals surface area (Å²) in [5, 5.41) is 10.9. The summed E-state index contributed by atoms with van der Waals surface area (Å²) in [6.07, 6.45) is 1.19. The molecule has 2 aromatic carbocycles. The van der Waals surface area contributed by atoms with E-state index in [2.05, 4.69) is 4.98 Å². The van der Waals surface area contributed by atoms with Crippen LogP contribution in [0.25, 0.3) is 11.0 Å². The van der Waals surface area contributed by atoms with E-state index in [1.165, 1.54) is 24.5 Å². The Balaban J connectivity index is 2.30. The van der Waals surface area contributed by atoms with Crippen molar-refractivity contribution in [3.05, 3.63) is 63.0 Å². The van der Waals surface area contributed by atoms with Gasteiger partial charge in [-0.05, 0) is 56.0 Å². The minimum Gasteiger partial charge on any atom is -0.258 e. The molecule has 1 heterocycles. The molecule has 0 fully saturated rings. The number of hydrogen-bond acceptors (Lipinski definition) is 5. The molecule has 0 aliphatic carbocycles. The van der Waals surface area contributed by atoms with E-state index in [4.69, 9.17) is 0 Å². The van der Waals surface area contributed by atoms with Gasteiger partial charge in [0.15, 0.2) is 0 Å². The van der Waals surface area contributed by atoms with Crippen LogP contribution >= 0.6 is 0 Å². The monoisotopic (exact) mass is 359 g/mol. The number of nitrogens with zero attached hydrogens (tertiary/aromatic N) is 3. The zero-order valence-electron chi connectivity index (χ0n) is 14.3. The van der Waals surface area contributed by atoms with E-state index in [1.54, 1.807) is 13.8 Å². The number of benzene rings is 2. The van der Waals surface area contributed by atoms with Crippen LogP contribution in [0.3, 0.4) is 0 Å². The standard InChI is InChI=1S/C17H17N3O4S/c1-10-7-11(2)13(4)17(12(10)3)25(23,24)19-9-18-15-8-14(20(21)22)5-6-16(15)19/h5-9H,1-4H3. The van der Waals surface area contributed by atoms with Gasteiger partial charge in [0.2, 0.25) is 0 Å². The first kappa shape index (κ1) is 17.1. The van der Waals surface area contributed by atoms with Gasteiger partial charge in [0.25, 0.3) is 15.7 Å². The van der Waals surface area contributed by atoms with Crippen molar-refractivity contribution in [2.45, 2.75) is 32.6 Å². The molecule has 0 bridgehead atoms. The van der Waals surface area contributed by atoms with Gasteiger partial charge >= 0.3 is 0 Å². The molecule has 3 aromatic rings. The largest absolute Gasteiger partial charge is 0.271 e. The lowest BCUT2D eigenvalue weighted by atomic mass is 10.0. The maximum Gasteiger partial charge on any atom is 0.271 e. The predicted octanol–water partition coefficient (Wildman–Crippen LogP) is 3.42. The smallest absolute Gasteiger partial charge is 0.258 e. The molecular formula is C17H17N3O4S. The zero-order valence-corrected chi connectivity index (χ0v) is 15.1. The van der Waals surface area contributed by atoms with Crippen LogP contribution < -0.4 is 0 Å². The Morgan fingerprint density at radius 3 is 2.20 bits per heavy atom. The zero-order chi connectivity index (χ0) is 18.5. The molecule has 0 aliphatic heterocycles. The molecular weight excluding hydrogens is 342 g/mol. The highest BCUT2D eigenvalue weighted by molar-refractivity contribution is 7.90. The first-order valence-electron chi connectivity index (χ1n) is 7.59. The van der Waals surface area contributed by atoms with Gasteiger partial charge in [0.05, 0.1) is 20.9 Å². The van der Waals surface area contributed by atoms with Crippen molar-refractivity contribution in [3.8, 4) is 0 Å². The summed E-state index contributed by atoms with van der Waals surface area (Å²) >= 11 is 0. The number of fused-ring (bicyclic) bond motifs is 1. The van der Waals surface area contributed by atoms with Gasteiger partial charge in [-0.1, -0.05) is 6.07 Å². The molecule has 1 aromatic heterocycles. The van der Waals surface area contributed by atoms with E-state index in [1.807, 2.05) is 19.9 Å². The van der Waals surface area contributed by atoms with Crippen LogP contribution in [0.4, 0.5) is 5.69 Å². The third-order valence-electron chi connectivity index (χ3n) is 4.52. The number of non-ortho nitro benzene ring substituents is 1. The average Bonchev–Trinajstić information content (AvgIpc) is 2.96. The van der Waals surface area contributed by atoms with Gasteiger partial charge in [0.1, 0.15) is 6.33 Å². The number of imidazole rings is 1. The van der Waals surface area contributed by atoms with Gasteiger partial charge in [-0.15, -0.1) is 0 Å². The summed E-state index contributed by atoms with van der Waals surface area (Å²) in [7, 11) is -3.88. The molecule has 0 spiro atoms. The van der Waals surface area contributed by atoms with Gasteiger partial charge < -0.3 is 0 Å². The molecule has 3 rings (SSSR count). The van der Waals surface area contributed by atoms with Crippen molar-refractivity contribution in [1.82, 2.24) is 8.96 Å². The van der Waals surface area contributed by atoms with E-state index in [0.717, 1.165) is 15.1 Å². The molecule has 0 radical (unpaired) electrons. The fourth-order valence-electron chi connectivity index (χ4n) is 2.95. The van der Waals surface area contributed by atoms with Crippen LogP contribution in [0.1, 0.15) is 22.3 Å². The Morgan fingerprint density at radius 2 is 1.64 bits per heavy atom. The molecule has 0 saturated carbocycles. The predicted molar refractivity (Wildman–Crippen MR) is 94.4 cm³/mol. The van der Waals surface area contributed by atoms with Crippen LogP contribution in [0.2, 0.25) is 0 Å². The maximum atomic E-state index is 13.3. The topological polar surface area (TPSA) is 95.1 Å². The van der Waals surface area contributed by atoms with Crippen molar-refractivity contribution in [2.24, 2.45) is 0 Å². The van der Waals surface area contributed by atoms with Crippen molar-refractivity contribution >= 4 is 26.7 Å². The fraction of sp³-hybridized carbons (Fsp3) is 0.235. The number of nitro groups is 1. The summed E-state index contributed by atoms with van der Waals surface area (Å²) in [5.74, 6) is 0. The first-order chi connectivity index (χ1) is 11.6. The Labute approximate surface area is 145 Å². The van der Waals surface area contributed by atoms with Crippen LogP contribution in [-0.4, -0.2) is 22.3 Å². The minimum absolute atomic E-state index is 0.131. The van der Waals surface area contributed by atoms with Crippen molar-refractivity contribution in [1.29, 1.82) is 0 Å². The lowest BCUT2D eigenvalue weighted by molar-refractivity contribution is -0.384. The minimum atomic E-state index is -3.88. The van der Waals surface area contributed by atoms with E-state index in [-0.39, 0.29) is 16.1 Å². The highest BCUT2D eigenvalue weighted by atomic mass is 32.2. The molecule has 0 amide bonds. The molecule has 130 valence electrons. The Morgan fingerprint density at radius 1 is 1.04 bits per heavy atom. The van der Waals surface area contributed by atoms with Crippen molar-refractivity contribution in [3.63, 3.8) is 0 Å². The summed E-state index contributed by atoms with van der Waals surface area (Å²) in [5.41, 5.74) is 3.59. The molecule has 25 heavy (non-hydrogen) atoms. The van der Waals surface area contributed by atoms with Crippen molar-refractivity contribution in [2.75, 3.05) is 0 Å². The molecule has 8 heteroatoms. The molecule has 0 N–H and O–H groups in total. The summed E-state index contributed by atoms with van der Waals surface area (Å²) in [6, 6.07) is 5.91. The van der Waals surface area contributed by atoms with E-state index in [0.29, 0.717) is 16.6 Å². The van der Waals surface area contributed by atoms with Crippen LogP contribution in [0.15, 0.2) is 35.5 Å². The fourth-order valence-corrected chi connectivity index (χ4v) is 4.83. The summed E-state index contributed by atoms with van der Waals surface area (Å²) in [4.78, 5) is 14.6. The van der Waals surface area contributed by atoms with E-state index < -0.39 is 14.9 Å². The van der Waals surface area contributed by atoms with Crippen LogP contribution in [0, 0.1) is 37.8 Å². The Kier molecular flexibility index (Phi) is 3.87. The van der Waals surface area contributed by atoms with E-state index >= 15 is 0 Å². The third kappa shape index (κ3) is 2.58. The van der Waals surface area contributed by atoms with E-state index in [9.17, 15) is 18.5 Å². The number of nitro benzene ring substituents is 1. The highest BCUT2D eigenvalue weighted by Crippen LogP contribution is 2.30. The van der Waals surface area contributed by atoms with Crippen molar-refractivity contribution < 1.29 is 13.3 Å². The van der Waals surface area contributed by atoms with Gasteiger partial charge in [-0.3, -0.25) is 10.1 Å². The number of aromatic nitrogens is 2. The molecule has 0 unspecified atom stereocenters. The Hall–Kier alpha value is -2.74. The quantitative estimate of drug-likeness (QED) is 0.527. The lowest BCUT2D eigenvalue weighted by Crippen LogP contribution is -2.16. The van der Waals surface area contributed by atoms with Crippen LogP contribution in [-0.2, 0) is 10.0 Å². The second-order valence-electron chi connectivity index (χ2n) is 6.07.